The van der Waals surface area contributed by atoms with Gasteiger partial charge in [0.05, 0.1) is 23.9 Å². The minimum absolute atomic E-state index is 0.229. The minimum atomic E-state index is -0.296. The first-order valence-corrected chi connectivity index (χ1v) is 7.94. The maximum Gasteiger partial charge on any atom is 0.494 e. The molecule has 1 aromatic rings. The molecule has 0 N–H and O–H groups in total. The van der Waals surface area contributed by atoms with Gasteiger partial charge >= 0.3 is 7.12 Å². The molecule has 0 radical (unpaired) electrons. The van der Waals surface area contributed by atoms with E-state index in [4.69, 9.17) is 14.0 Å². The average Bonchev–Trinajstić information content (AvgIpc) is 2.89. The lowest BCUT2D eigenvalue weighted by Crippen LogP contribution is -2.41. The fourth-order valence-electron chi connectivity index (χ4n) is 2.95. The van der Waals surface area contributed by atoms with Crippen LogP contribution in [-0.2, 0) is 20.7 Å². The van der Waals surface area contributed by atoms with Crippen molar-refractivity contribution in [3.8, 4) is 0 Å². The van der Waals surface area contributed by atoms with Crippen molar-refractivity contribution < 1.29 is 14.0 Å². The van der Waals surface area contributed by atoms with E-state index in [0.717, 1.165) is 24.9 Å². The van der Waals surface area contributed by atoms with Crippen LogP contribution in [0.3, 0.4) is 0 Å². The van der Waals surface area contributed by atoms with Crippen molar-refractivity contribution in [3.05, 3.63) is 29.3 Å². The number of fused-ring (bicyclic) bond motifs is 1. The summed E-state index contributed by atoms with van der Waals surface area (Å²) in [7, 11) is -0.289. The number of ether oxygens (including phenoxy) is 1. The first-order valence-electron chi connectivity index (χ1n) is 7.94. The van der Waals surface area contributed by atoms with Crippen LogP contribution >= 0.6 is 0 Å². The largest absolute Gasteiger partial charge is 0.494 e. The Kier molecular flexibility index (Phi) is 3.67. The first-order chi connectivity index (χ1) is 9.84. The predicted molar refractivity (Wildman–Crippen MR) is 84.6 cm³/mol. The molecule has 0 amide bonds. The van der Waals surface area contributed by atoms with Crippen LogP contribution in [0, 0.1) is 0 Å². The number of benzene rings is 1. The Bertz CT molecular complexity index is 521. The molecular weight excluding hydrogens is 263 g/mol. The van der Waals surface area contributed by atoms with Crippen LogP contribution in [0.25, 0.3) is 0 Å². The van der Waals surface area contributed by atoms with Crippen LogP contribution in [0.1, 0.15) is 64.7 Å². The summed E-state index contributed by atoms with van der Waals surface area (Å²) in [6.07, 6.45) is 2.43. The van der Waals surface area contributed by atoms with Gasteiger partial charge in [0.25, 0.3) is 0 Å². The molecule has 2 aliphatic heterocycles. The van der Waals surface area contributed by atoms with Crippen LogP contribution in [-0.4, -0.2) is 18.3 Å². The van der Waals surface area contributed by atoms with Crippen LogP contribution in [0.2, 0.25) is 0 Å². The van der Waals surface area contributed by atoms with E-state index in [-0.39, 0.29) is 24.4 Å². The Morgan fingerprint density at radius 2 is 1.81 bits per heavy atom. The zero-order chi connectivity index (χ0) is 15.3. The van der Waals surface area contributed by atoms with E-state index in [1.165, 1.54) is 11.1 Å². The lowest BCUT2D eigenvalue weighted by molar-refractivity contribution is 0.00578. The van der Waals surface area contributed by atoms with Crippen molar-refractivity contribution in [2.45, 2.75) is 71.4 Å². The highest BCUT2D eigenvalue weighted by atomic mass is 16.7. The Labute approximate surface area is 128 Å². The summed E-state index contributed by atoms with van der Waals surface area (Å²) in [4.78, 5) is 0. The van der Waals surface area contributed by atoms with E-state index >= 15 is 0 Å². The van der Waals surface area contributed by atoms with Crippen molar-refractivity contribution in [1.82, 2.24) is 0 Å². The number of rotatable bonds is 3. The van der Waals surface area contributed by atoms with E-state index < -0.39 is 0 Å². The summed E-state index contributed by atoms with van der Waals surface area (Å²) >= 11 is 0. The van der Waals surface area contributed by atoms with Crippen molar-refractivity contribution in [2.24, 2.45) is 0 Å². The minimum Gasteiger partial charge on any atom is -0.399 e. The molecule has 1 fully saturated rings. The molecule has 1 aromatic carbocycles. The molecule has 2 aliphatic rings. The van der Waals surface area contributed by atoms with Crippen molar-refractivity contribution in [1.29, 1.82) is 0 Å². The summed E-state index contributed by atoms with van der Waals surface area (Å²) in [6.45, 7) is 11.3. The molecule has 3 rings (SSSR count). The van der Waals surface area contributed by atoms with Crippen LogP contribution in [0.5, 0.6) is 0 Å². The van der Waals surface area contributed by atoms with Gasteiger partial charge in [0.2, 0.25) is 0 Å². The molecule has 0 saturated carbocycles. The molecule has 0 bridgehead atoms. The van der Waals surface area contributed by atoms with Crippen molar-refractivity contribution in [3.63, 3.8) is 0 Å². The van der Waals surface area contributed by atoms with Gasteiger partial charge in [-0.05, 0) is 50.7 Å². The molecule has 1 atom stereocenters. The molecule has 2 heterocycles. The summed E-state index contributed by atoms with van der Waals surface area (Å²) in [6, 6.07) is 6.48. The number of hydrogen-bond donors (Lipinski definition) is 0. The Balaban J connectivity index is 1.87. The third-order valence-corrected chi connectivity index (χ3v) is 5.03. The fraction of sp³-hybridized carbons (Fsp3) is 0.647. The molecule has 114 valence electrons. The van der Waals surface area contributed by atoms with Crippen LogP contribution in [0.15, 0.2) is 18.2 Å². The quantitative estimate of drug-likeness (QED) is 0.798. The standard InChI is InChI=1S/C17H25BO3/c1-6-7-15-14-10-13(9-8-12(14)11-19-15)18-20-16(2,3)17(4,5)21-18/h8-10,15H,6-7,11H2,1-5H3. The molecule has 3 nitrogen and oxygen atoms in total. The highest BCUT2D eigenvalue weighted by Gasteiger charge is 2.51. The highest BCUT2D eigenvalue weighted by molar-refractivity contribution is 6.62. The second kappa shape index (κ2) is 5.11. The smallest absolute Gasteiger partial charge is 0.399 e. The van der Waals surface area contributed by atoms with Gasteiger partial charge in [-0.3, -0.25) is 0 Å². The van der Waals surface area contributed by atoms with E-state index in [1.54, 1.807) is 0 Å². The predicted octanol–water partition coefficient (Wildman–Crippen LogP) is 3.36. The second-order valence-electron chi connectivity index (χ2n) is 7.13. The molecule has 0 aromatic heterocycles. The average molecular weight is 288 g/mol. The molecule has 0 aliphatic carbocycles. The van der Waals surface area contributed by atoms with Crippen LogP contribution < -0.4 is 5.46 Å². The second-order valence-corrected chi connectivity index (χ2v) is 7.13. The molecule has 4 heteroatoms. The van der Waals surface area contributed by atoms with E-state index in [9.17, 15) is 0 Å². The van der Waals surface area contributed by atoms with Gasteiger partial charge in [0.1, 0.15) is 0 Å². The van der Waals surface area contributed by atoms with Crippen LogP contribution in [0.4, 0.5) is 0 Å². The third-order valence-electron chi connectivity index (χ3n) is 5.03. The Hall–Kier alpha value is -0.835. The monoisotopic (exact) mass is 288 g/mol. The lowest BCUT2D eigenvalue weighted by atomic mass is 9.77. The summed E-state index contributed by atoms with van der Waals surface area (Å²) in [5, 5.41) is 0. The Morgan fingerprint density at radius 3 is 2.43 bits per heavy atom. The van der Waals surface area contributed by atoms with Gasteiger partial charge in [-0.1, -0.05) is 31.5 Å². The van der Waals surface area contributed by atoms with E-state index in [2.05, 4.69) is 52.8 Å². The summed E-state index contributed by atoms with van der Waals surface area (Å²) in [5.74, 6) is 0. The Morgan fingerprint density at radius 1 is 1.14 bits per heavy atom. The fourth-order valence-corrected chi connectivity index (χ4v) is 2.95. The molecule has 21 heavy (non-hydrogen) atoms. The summed E-state index contributed by atoms with van der Waals surface area (Å²) < 4.78 is 18.2. The third kappa shape index (κ3) is 2.54. The van der Waals surface area contributed by atoms with Crippen molar-refractivity contribution in [2.75, 3.05) is 0 Å². The topological polar surface area (TPSA) is 27.7 Å². The van der Waals surface area contributed by atoms with Gasteiger partial charge in [-0.15, -0.1) is 0 Å². The van der Waals surface area contributed by atoms with Gasteiger partial charge in [0, 0.05) is 0 Å². The zero-order valence-corrected chi connectivity index (χ0v) is 13.7. The molecule has 1 unspecified atom stereocenters. The van der Waals surface area contributed by atoms with Gasteiger partial charge in [-0.25, -0.2) is 0 Å². The molecule has 1 saturated heterocycles. The van der Waals surface area contributed by atoms with Gasteiger partial charge in [0.15, 0.2) is 0 Å². The highest BCUT2D eigenvalue weighted by Crippen LogP contribution is 2.38. The molecular formula is C17H25BO3. The van der Waals surface area contributed by atoms with Crippen molar-refractivity contribution >= 4 is 12.6 Å². The molecule has 0 spiro atoms. The lowest BCUT2D eigenvalue weighted by Gasteiger charge is -2.32. The normalized spacial score (nSPS) is 26.1. The summed E-state index contributed by atoms with van der Waals surface area (Å²) in [5.41, 5.74) is 3.11. The first kappa shape index (κ1) is 15.1. The maximum atomic E-state index is 6.14. The van der Waals surface area contributed by atoms with Gasteiger partial charge in [-0.2, -0.15) is 0 Å². The number of hydrogen-bond acceptors (Lipinski definition) is 3. The zero-order valence-electron chi connectivity index (χ0n) is 13.7. The SMILES string of the molecule is CCCC1OCc2ccc(B3OC(C)(C)C(C)(C)O3)cc21. The van der Waals surface area contributed by atoms with E-state index in [1.807, 2.05) is 0 Å². The van der Waals surface area contributed by atoms with Gasteiger partial charge < -0.3 is 14.0 Å². The maximum absolute atomic E-state index is 6.14. The van der Waals surface area contributed by atoms with E-state index in [0.29, 0.717) is 0 Å².